The third-order valence-corrected chi connectivity index (χ3v) is 4.58. The lowest BCUT2D eigenvalue weighted by Gasteiger charge is -2.09. The third kappa shape index (κ3) is 3.01. The van der Waals surface area contributed by atoms with E-state index >= 15 is 0 Å². The Morgan fingerprint density at radius 3 is 2.61 bits per heavy atom. The van der Waals surface area contributed by atoms with Crippen LogP contribution < -0.4 is 4.90 Å². The number of aliphatic hydroxyl groups excluding tert-OH is 1. The van der Waals surface area contributed by atoms with Gasteiger partial charge in [-0.25, -0.2) is 0 Å². The zero-order chi connectivity index (χ0) is 13.1. The number of hydrogen-bond acceptors (Lipinski definition) is 6. The highest BCUT2D eigenvalue weighted by molar-refractivity contribution is 8.01. The van der Waals surface area contributed by atoms with Gasteiger partial charge in [-0.3, -0.25) is 0 Å². The Morgan fingerprint density at radius 1 is 1.28 bits per heavy atom. The number of nitrogens with zero attached hydrogens (tertiary/aromatic N) is 3. The minimum Gasteiger partial charge on any atom is -0.389 e. The summed E-state index contributed by atoms with van der Waals surface area (Å²) in [6.07, 6.45) is -0.477. The molecule has 1 N–H and O–H groups in total. The molecule has 0 amide bonds. The van der Waals surface area contributed by atoms with Crippen LogP contribution in [0.4, 0.5) is 5.13 Å². The van der Waals surface area contributed by atoms with Crippen LogP contribution in [-0.2, 0) is 0 Å². The average Bonchev–Trinajstić information content (AvgIpc) is 2.78. The fourth-order valence-corrected chi connectivity index (χ4v) is 3.37. The van der Waals surface area contributed by atoms with Gasteiger partial charge in [0, 0.05) is 19.0 Å². The first kappa shape index (κ1) is 13.3. The molecule has 0 radical (unpaired) electrons. The molecule has 2 rings (SSSR count). The van der Waals surface area contributed by atoms with Gasteiger partial charge in [0.1, 0.15) is 0 Å². The van der Waals surface area contributed by atoms with Gasteiger partial charge in [0.2, 0.25) is 5.13 Å². The predicted octanol–water partition coefficient (Wildman–Crippen LogP) is 2.81. The number of hydrogen-bond donors (Lipinski definition) is 1. The minimum atomic E-state index is -0.477. The van der Waals surface area contributed by atoms with Crippen molar-refractivity contribution in [3.63, 3.8) is 0 Å². The Balaban J connectivity index is 2.23. The van der Waals surface area contributed by atoms with Crippen molar-refractivity contribution in [3.05, 3.63) is 29.8 Å². The van der Waals surface area contributed by atoms with Crippen LogP contribution in [0.15, 0.2) is 33.5 Å². The largest absolute Gasteiger partial charge is 0.389 e. The van der Waals surface area contributed by atoms with Gasteiger partial charge in [0.05, 0.1) is 6.10 Å². The molecule has 0 aliphatic carbocycles. The molecule has 0 fully saturated rings. The van der Waals surface area contributed by atoms with E-state index in [2.05, 4.69) is 10.2 Å². The van der Waals surface area contributed by atoms with E-state index in [1.165, 1.54) is 11.8 Å². The van der Waals surface area contributed by atoms with Crippen LogP contribution in [0, 0.1) is 0 Å². The summed E-state index contributed by atoms with van der Waals surface area (Å²) < 4.78 is 0.881. The maximum atomic E-state index is 9.72. The van der Waals surface area contributed by atoms with E-state index in [0.717, 1.165) is 19.9 Å². The molecule has 18 heavy (non-hydrogen) atoms. The topological polar surface area (TPSA) is 49.3 Å². The molecule has 2 aromatic rings. The summed E-state index contributed by atoms with van der Waals surface area (Å²) in [5.74, 6) is 0. The zero-order valence-electron chi connectivity index (χ0n) is 10.5. The predicted molar refractivity (Wildman–Crippen MR) is 75.4 cm³/mol. The molecule has 1 aromatic carbocycles. The Hall–Kier alpha value is -1.11. The van der Waals surface area contributed by atoms with Crippen LogP contribution in [0.25, 0.3) is 0 Å². The summed E-state index contributed by atoms with van der Waals surface area (Å²) >= 11 is 3.08. The summed E-state index contributed by atoms with van der Waals surface area (Å²) in [6, 6.07) is 7.81. The van der Waals surface area contributed by atoms with Crippen LogP contribution >= 0.6 is 23.1 Å². The van der Waals surface area contributed by atoms with E-state index < -0.39 is 6.10 Å². The zero-order valence-corrected chi connectivity index (χ0v) is 12.1. The number of aliphatic hydroxyl groups is 1. The summed E-state index contributed by atoms with van der Waals surface area (Å²) in [6.45, 7) is 1.77. The Kier molecular flexibility index (Phi) is 4.21. The Morgan fingerprint density at radius 2 is 2.00 bits per heavy atom. The van der Waals surface area contributed by atoms with Crippen molar-refractivity contribution in [1.29, 1.82) is 0 Å². The molecule has 0 saturated carbocycles. The van der Waals surface area contributed by atoms with Gasteiger partial charge in [-0.15, -0.1) is 10.2 Å². The Bertz CT molecular complexity index is 526. The first-order valence-electron chi connectivity index (χ1n) is 5.53. The van der Waals surface area contributed by atoms with Gasteiger partial charge in [-0.2, -0.15) is 0 Å². The molecule has 1 atom stereocenters. The molecular formula is C12H15N3OS2. The van der Waals surface area contributed by atoms with Gasteiger partial charge < -0.3 is 10.0 Å². The number of rotatable bonds is 4. The van der Waals surface area contributed by atoms with Crippen molar-refractivity contribution in [1.82, 2.24) is 10.2 Å². The molecule has 96 valence electrons. The van der Waals surface area contributed by atoms with Crippen molar-refractivity contribution < 1.29 is 5.11 Å². The van der Waals surface area contributed by atoms with Crippen molar-refractivity contribution >= 4 is 28.2 Å². The highest BCUT2D eigenvalue weighted by Gasteiger charge is 2.12. The van der Waals surface area contributed by atoms with E-state index in [1.54, 1.807) is 18.3 Å². The monoisotopic (exact) mass is 281 g/mol. The fraction of sp³-hybridized carbons (Fsp3) is 0.333. The van der Waals surface area contributed by atoms with Crippen molar-refractivity contribution in [3.8, 4) is 0 Å². The third-order valence-electron chi connectivity index (χ3n) is 2.34. The summed E-state index contributed by atoms with van der Waals surface area (Å²) in [5.41, 5.74) is 0.920. The van der Waals surface area contributed by atoms with Crippen LogP contribution in [0.3, 0.4) is 0 Å². The van der Waals surface area contributed by atoms with Crippen LogP contribution in [0.2, 0.25) is 0 Å². The Labute approximate surface area is 115 Å². The fourth-order valence-electron chi connectivity index (χ4n) is 1.44. The van der Waals surface area contributed by atoms with E-state index in [4.69, 9.17) is 0 Å². The minimum absolute atomic E-state index is 0.477. The maximum Gasteiger partial charge on any atom is 0.208 e. The van der Waals surface area contributed by atoms with Gasteiger partial charge >= 0.3 is 0 Å². The van der Waals surface area contributed by atoms with E-state index in [0.29, 0.717) is 0 Å². The van der Waals surface area contributed by atoms with Gasteiger partial charge in [-0.05, 0) is 18.6 Å². The summed E-state index contributed by atoms with van der Waals surface area (Å²) in [5, 5.41) is 18.8. The lowest BCUT2D eigenvalue weighted by molar-refractivity contribution is 0.196. The van der Waals surface area contributed by atoms with Crippen molar-refractivity contribution in [2.24, 2.45) is 0 Å². The van der Waals surface area contributed by atoms with E-state index in [-0.39, 0.29) is 0 Å². The second-order valence-electron chi connectivity index (χ2n) is 4.06. The van der Waals surface area contributed by atoms with E-state index in [1.807, 2.05) is 43.3 Å². The maximum absolute atomic E-state index is 9.72. The number of benzene rings is 1. The molecule has 0 spiro atoms. The molecule has 4 nitrogen and oxygen atoms in total. The van der Waals surface area contributed by atoms with Crippen LogP contribution in [-0.4, -0.2) is 29.4 Å². The number of aromatic nitrogens is 2. The van der Waals surface area contributed by atoms with Crippen LogP contribution in [0.5, 0.6) is 0 Å². The van der Waals surface area contributed by atoms with E-state index in [9.17, 15) is 5.11 Å². The molecule has 0 aliphatic heterocycles. The van der Waals surface area contributed by atoms with Gasteiger partial charge in [0.25, 0.3) is 0 Å². The average molecular weight is 281 g/mol. The molecule has 1 aromatic heterocycles. The first-order chi connectivity index (χ1) is 8.58. The molecule has 6 heteroatoms. The lowest BCUT2D eigenvalue weighted by atomic mass is 10.1. The lowest BCUT2D eigenvalue weighted by Crippen LogP contribution is -2.07. The second-order valence-corrected chi connectivity index (χ2v) is 6.31. The summed E-state index contributed by atoms with van der Waals surface area (Å²) in [4.78, 5) is 2.96. The molecule has 0 saturated heterocycles. The molecule has 1 heterocycles. The smallest absolute Gasteiger partial charge is 0.208 e. The first-order valence-corrected chi connectivity index (χ1v) is 7.17. The molecule has 0 aliphatic rings. The quantitative estimate of drug-likeness (QED) is 0.934. The highest BCUT2D eigenvalue weighted by atomic mass is 32.2. The van der Waals surface area contributed by atoms with Crippen molar-refractivity contribution in [2.45, 2.75) is 22.3 Å². The highest BCUT2D eigenvalue weighted by Crippen LogP contribution is 2.36. The van der Waals surface area contributed by atoms with Crippen molar-refractivity contribution in [2.75, 3.05) is 19.0 Å². The molecule has 1 unspecified atom stereocenters. The van der Waals surface area contributed by atoms with Crippen LogP contribution in [0.1, 0.15) is 18.6 Å². The standard InChI is InChI=1S/C12H15N3OS2/c1-8(16)9-6-4-5-7-10(9)17-12-14-13-11(18-12)15(2)3/h4-8,16H,1-3H3. The SMILES string of the molecule is CC(O)c1ccccc1Sc1nnc(N(C)C)s1. The normalized spacial score (nSPS) is 12.4. The van der Waals surface area contributed by atoms with Gasteiger partial charge in [-0.1, -0.05) is 41.3 Å². The summed E-state index contributed by atoms with van der Waals surface area (Å²) in [7, 11) is 3.89. The van der Waals surface area contributed by atoms with Gasteiger partial charge in [0.15, 0.2) is 4.34 Å². The second kappa shape index (κ2) is 5.69. The molecular weight excluding hydrogens is 266 g/mol. The number of anilines is 1. The molecule has 0 bridgehead atoms.